The van der Waals surface area contributed by atoms with Crippen LogP contribution in [0.2, 0.25) is 0 Å². The summed E-state index contributed by atoms with van der Waals surface area (Å²) in [5, 5.41) is 3.50. The SMILES string of the molecule is Cc1ccc(C)c(C2CC(N)CNC2C)c1. The van der Waals surface area contributed by atoms with E-state index in [9.17, 15) is 0 Å². The standard InChI is InChI=1S/C14H22N2/c1-9-4-5-10(2)13(6-9)14-7-12(15)8-16-11(14)3/h4-6,11-12,14,16H,7-8,15H2,1-3H3. The summed E-state index contributed by atoms with van der Waals surface area (Å²) < 4.78 is 0. The molecule has 0 saturated carbocycles. The predicted molar refractivity (Wildman–Crippen MR) is 68.7 cm³/mol. The fraction of sp³-hybridized carbons (Fsp3) is 0.571. The molecule has 3 atom stereocenters. The van der Waals surface area contributed by atoms with E-state index in [1.165, 1.54) is 16.7 Å². The van der Waals surface area contributed by atoms with Crippen LogP contribution in [-0.2, 0) is 0 Å². The number of hydrogen-bond acceptors (Lipinski definition) is 2. The van der Waals surface area contributed by atoms with E-state index in [1.807, 2.05) is 0 Å². The molecule has 2 rings (SSSR count). The molecular formula is C14H22N2. The smallest absolute Gasteiger partial charge is 0.0171 e. The number of benzene rings is 1. The molecule has 1 aromatic carbocycles. The van der Waals surface area contributed by atoms with Gasteiger partial charge in [0.25, 0.3) is 0 Å². The van der Waals surface area contributed by atoms with Crippen molar-refractivity contribution in [3.8, 4) is 0 Å². The Hall–Kier alpha value is -0.860. The first-order valence-corrected chi connectivity index (χ1v) is 6.14. The maximum absolute atomic E-state index is 6.05. The van der Waals surface area contributed by atoms with Crippen LogP contribution in [0.15, 0.2) is 18.2 Å². The van der Waals surface area contributed by atoms with Crippen molar-refractivity contribution >= 4 is 0 Å². The molecule has 0 aliphatic carbocycles. The van der Waals surface area contributed by atoms with Crippen molar-refractivity contribution in [2.75, 3.05) is 6.54 Å². The summed E-state index contributed by atoms with van der Waals surface area (Å²) in [4.78, 5) is 0. The van der Waals surface area contributed by atoms with Crippen LogP contribution in [0.25, 0.3) is 0 Å². The highest BCUT2D eigenvalue weighted by Crippen LogP contribution is 2.30. The van der Waals surface area contributed by atoms with Crippen molar-refractivity contribution in [3.05, 3.63) is 34.9 Å². The van der Waals surface area contributed by atoms with Gasteiger partial charge in [-0.2, -0.15) is 0 Å². The molecule has 0 amide bonds. The molecule has 1 aliphatic rings. The van der Waals surface area contributed by atoms with Gasteiger partial charge in [0.2, 0.25) is 0 Å². The van der Waals surface area contributed by atoms with Crippen molar-refractivity contribution in [2.24, 2.45) is 5.73 Å². The maximum atomic E-state index is 6.05. The Balaban J connectivity index is 2.30. The van der Waals surface area contributed by atoms with Gasteiger partial charge >= 0.3 is 0 Å². The van der Waals surface area contributed by atoms with Gasteiger partial charge in [0, 0.05) is 24.5 Å². The van der Waals surface area contributed by atoms with Crippen molar-refractivity contribution in [2.45, 2.75) is 45.2 Å². The molecule has 3 N–H and O–H groups in total. The number of piperidine rings is 1. The van der Waals surface area contributed by atoms with Gasteiger partial charge in [0.05, 0.1) is 0 Å². The zero-order valence-electron chi connectivity index (χ0n) is 10.5. The molecule has 1 aromatic rings. The third kappa shape index (κ3) is 2.28. The topological polar surface area (TPSA) is 38.0 Å². The van der Waals surface area contributed by atoms with Crippen LogP contribution in [0.4, 0.5) is 0 Å². The van der Waals surface area contributed by atoms with Gasteiger partial charge < -0.3 is 11.1 Å². The summed E-state index contributed by atoms with van der Waals surface area (Å²) in [7, 11) is 0. The van der Waals surface area contributed by atoms with E-state index in [-0.39, 0.29) is 0 Å². The average molecular weight is 218 g/mol. The van der Waals surface area contributed by atoms with E-state index in [4.69, 9.17) is 5.73 Å². The molecule has 0 spiro atoms. The lowest BCUT2D eigenvalue weighted by atomic mass is 9.81. The van der Waals surface area contributed by atoms with Crippen LogP contribution in [0, 0.1) is 13.8 Å². The molecule has 0 aromatic heterocycles. The molecule has 0 radical (unpaired) electrons. The predicted octanol–water partition coefficient (Wildman–Crippen LogP) is 2.10. The van der Waals surface area contributed by atoms with Gasteiger partial charge in [-0.25, -0.2) is 0 Å². The molecule has 1 aliphatic heterocycles. The van der Waals surface area contributed by atoms with Crippen molar-refractivity contribution in [1.82, 2.24) is 5.32 Å². The Morgan fingerprint density at radius 2 is 2.06 bits per heavy atom. The Labute approximate surface area is 98.2 Å². The quantitative estimate of drug-likeness (QED) is 0.757. The summed E-state index contributed by atoms with van der Waals surface area (Å²) >= 11 is 0. The summed E-state index contributed by atoms with van der Waals surface area (Å²) in [5.41, 5.74) is 10.2. The Kier molecular flexibility index (Phi) is 3.31. The highest BCUT2D eigenvalue weighted by atomic mass is 15.0. The van der Waals surface area contributed by atoms with Crippen LogP contribution in [0.3, 0.4) is 0 Å². The summed E-state index contributed by atoms with van der Waals surface area (Å²) in [5.74, 6) is 0.559. The normalized spacial score (nSPS) is 30.4. The molecule has 2 nitrogen and oxygen atoms in total. The first-order chi connectivity index (χ1) is 7.58. The van der Waals surface area contributed by atoms with Gasteiger partial charge in [-0.1, -0.05) is 23.8 Å². The summed E-state index contributed by atoms with van der Waals surface area (Å²) in [6, 6.07) is 7.54. The minimum Gasteiger partial charge on any atom is -0.327 e. The second kappa shape index (κ2) is 4.56. The molecule has 3 unspecified atom stereocenters. The fourth-order valence-corrected chi connectivity index (χ4v) is 2.65. The molecule has 1 fully saturated rings. The molecule has 0 bridgehead atoms. The zero-order chi connectivity index (χ0) is 11.7. The molecule has 1 saturated heterocycles. The van der Waals surface area contributed by atoms with E-state index in [0.717, 1.165) is 13.0 Å². The molecule has 2 heteroatoms. The Bertz CT molecular complexity index is 373. The van der Waals surface area contributed by atoms with Crippen LogP contribution in [0.5, 0.6) is 0 Å². The molecular weight excluding hydrogens is 196 g/mol. The lowest BCUT2D eigenvalue weighted by Crippen LogP contribution is -2.48. The lowest BCUT2D eigenvalue weighted by Gasteiger charge is -2.35. The lowest BCUT2D eigenvalue weighted by molar-refractivity contribution is 0.337. The van der Waals surface area contributed by atoms with Crippen LogP contribution >= 0.6 is 0 Å². The zero-order valence-corrected chi connectivity index (χ0v) is 10.5. The van der Waals surface area contributed by atoms with Crippen molar-refractivity contribution in [3.63, 3.8) is 0 Å². The molecule has 16 heavy (non-hydrogen) atoms. The minimum absolute atomic E-state index is 0.293. The summed E-state index contributed by atoms with van der Waals surface area (Å²) in [6.07, 6.45) is 1.10. The second-order valence-electron chi connectivity index (χ2n) is 5.16. The van der Waals surface area contributed by atoms with E-state index >= 15 is 0 Å². The number of nitrogens with one attached hydrogen (secondary N) is 1. The third-order valence-electron chi connectivity index (χ3n) is 3.70. The first kappa shape index (κ1) is 11.6. The van der Waals surface area contributed by atoms with Crippen LogP contribution in [0.1, 0.15) is 36.0 Å². The largest absolute Gasteiger partial charge is 0.327 e. The van der Waals surface area contributed by atoms with E-state index < -0.39 is 0 Å². The van der Waals surface area contributed by atoms with Crippen molar-refractivity contribution < 1.29 is 0 Å². The van der Waals surface area contributed by atoms with Gasteiger partial charge in [-0.15, -0.1) is 0 Å². The van der Waals surface area contributed by atoms with E-state index in [1.54, 1.807) is 0 Å². The molecule has 88 valence electrons. The monoisotopic (exact) mass is 218 g/mol. The van der Waals surface area contributed by atoms with Gasteiger partial charge in [0.1, 0.15) is 0 Å². The van der Waals surface area contributed by atoms with Crippen LogP contribution in [-0.4, -0.2) is 18.6 Å². The first-order valence-electron chi connectivity index (χ1n) is 6.14. The Morgan fingerprint density at radius 3 is 2.81 bits per heavy atom. The Morgan fingerprint density at radius 1 is 1.31 bits per heavy atom. The van der Waals surface area contributed by atoms with Crippen molar-refractivity contribution in [1.29, 1.82) is 0 Å². The van der Waals surface area contributed by atoms with Gasteiger partial charge in [-0.3, -0.25) is 0 Å². The van der Waals surface area contributed by atoms with Gasteiger partial charge in [-0.05, 0) is 38.3 Å². The highest BCUT2D eigenvalue weighted by Gasteiger charge is 2.27. The third-order valence-corrected chi connectivity index (χ3v) is 3.70. The number of hydrogen-bond donors (Lipinski definition) is 2. The number of nitrogens with two attached hydrogens (primary N) is 1. The highest BCUT2D eigenvalue weighted by molar-refractivity contribution is 5.34. The minimum atomic E-state index is 0.293. The average Bonchev–Trinajstić information content (AvgIpc) is 2.25. The van der Waals surface area contributed by atoms with Gasteiger partial charge in [0.15, 0.2) is 0 Å². The number of aryl methyl sites for hydroxylation is 2. The fourth-order valence-electron chi connectivity index (χ4n) is 2.65. The molecule has 1 heterocycles. The maximum Gasteiger partial charge on any atom is 0.0171 e. The number of rotatable bonds is 1. The van der Waals surface area contributed by atoms with E-state index in [0.29, 0.717) is 18.0 Å². The van der Waals surface area contributed by atoms with Crippen LogP contribution < -0.4 is 11.1 Å². The van der Waals surface area contributed by atoms with E-state index in [2.05, 4.69) is 44.3 Å². The second-order valence-corrected chi connectivity index (χ2v) is 5.16. The summed E-state index contributed by atoms with van der Waals surface area (Å²) in [6.45, 7) is 7.56.